The van der Waals surface area contributed by atoms with E-state index in [4.69, 9.17) is 10.5 Å². The summed E-state index contributed by atoms with van der Waals surface area (Å²) in [5.74, 6) is 0.583. The summed E-state index contributed by atoms with van der Waals surface area (Å²) in [7, 11) is 0. The topological polar surface area (TPSA) is 64.3 Å². The van der Waals surface area contributed by atoms with E-state index in [1.807, 2.05) is 18.2 Å². The second-order valence-corrected chi connectivity index (χ2v) is 5.36. The van der Waals surface area contributed by atoms with E-state index < -0.39 is 5.91 Å². The first-order valence-electron chi connectivity index (χ1n) is 6.67. The molecule has 2 rings (SSSR count). The Morgan fingerprint density at radius 2 is 2.00 bits per heavy atom. The number of carbonyl (C=O) groups excluding carboxylic acids is 1. The van der Waals surface area contributed by atoms with Crippen LogP contribution in [0.25, 0.3) is 0 Å². The Morgan fingerprint density at radius 1 is 1.24 bits per heavy atom. The Bertz CT molecular complexity index is 644. The maximum atomic E-state index is 11.4. The normalized spacial score (nSPS) is 10.4. The van der Waals surface area contributed by atoms with Gasteiger partial charge in [-0.1, -0.05) is 25.1 Å². The lowest BCUT2D eigenvalue weighted by atomic mass is 10.2. The third-order valence-corrected chi connectivity index (χ3v) is 3.57. The van der Waals surface area contributed by atoms with Crippen LogP contribution in [0.5, 0.6) is 11.5 Å². The van der Waals surface area contributed by atoms with E-state index in [1.54, 1.807) is 24.3 Å². The molecule has 0 fully saturated rings. The van der Waals surface area contributed by atoms with Crippen molar-refractivity contribution in [3.63, 3.8) is 0 Å². The zero-order chi connectivity index (χ0) is 15.2. The summed E-state index contributed by atoms with van der Waals surface area (Å²) in [5.41, 5.74) is 6.86. The predicted octanol–water partition coefficient (Wildman–Crippen LogP) is 3.45. The van der Waals surface area contributed by atoms with E-state index in [0.29, 0.717) is 17.1 Å². The number of halogens is 1. The van der Waals surface area contributed by atoms with Gasteiger partial charge < -0.3 is 15.8 Å². The molecule has 0 bridgehead atoms. The van der Waals surface area contributed by atoms with Crippen LogP contribution in [0.4, 0.5) is 0 Å². The van der Waals surface area contributed by atoms with E-state index in [-0.39, 0.29) is 0 Å². The lowest BCUT2D eigenvalue weighted by Gasteiger charge is -2.12. The molecule has 0 aliphatic carbocycles. The van der Waals surface area contributed by atoms with Crippen LogP contribution >= 0.6 is 15.9 Å². The number of benzene rings is 2. The smallest absolute Gasteiger partial charge is 0.252 e. The van der Waals surface area contributed by atoms with Crippen molar-refractivity contribution in [2.75, 3.05) is 6.54 Å². The van der Waals surface area contributed by atoms with E-state index in [1.165, 1.54) is 0 Å². The number of nitrogens with two attached hydrogens (primary N) is 1. The number of carbonyl (C=O) groups is 1. The van der Waals surface area contributed by atoms with Gasteiger partial charge in [-0.2, -0.15) is 0 Å². The van der Waals surface area contributed by atoms with Crippen molar-refractivity contribution in [2.24, 2.45) is 5.73 Å². The molecule has 0 unspecified atom stereocenters. The minimum atomic E-state index is -0.509. The van der Waals surface area contributed by atoms with Gasteiger partial charge in [-0.05, 0) is 52.3 Å². The summed E-state index contributed by atoms with van der Waals surface area (Å²) in [6.45, 7) is 3.78. The largest absolute Gasteiger partial charge is 0.455 e. The summed E-state index contributed by atoms with van der Waals surface area (Å²) in [5, 5.41) is 3.26. The molecule has 21 heavy (non-hydrogen) atoms. The third kappa shape index (κ3) is 4.06. The van der Waals surface area contributed by atoms with Gasteiger partial charge in [0.15, 0.2) is 0 Å². The molecule has 0 spiro atoms. The number of ether oxygens (including phenoxy) is 1. The van der Waals surface area contributed by atoms with Crippen LogP contribution in [0.2, 0.25) is 0 Å². The van der Waals surface area contributed by atoms with Gasteiger partial charge in [-0.15, -0.1) is 0 Å². The molecule has 0 atom stereocenters. The van der Waals surface area contributed by atoms with Crippen LogP contribution in [0.15, 0.2) is 46.9 Å². The quantitative estimate of drug-likeness (QED) is 0.840. The molecule has 110 valence electrons. The molecule has 4 nitrogen and oxygen atoms in total. The highest BCUT2D eigenvalue weighted by molar-refractivity contribution is 9.10. The number of hydrogen-bond donors (Lipinski definition) is 2. The average Bonchev–Trinajstić information content (AvgIpc) is 2.48. The molecular formula is C16H17BrN2O2. The van der Waals surface area contributed by atoms with Crippen molar-refractivity contribution in [1.82, 2.24) is 5.32 Å². The van der Waals surface area contributed by atoms with Gasteiger partial charge >= 0.3 is 0 Å². The Hall–Kier alpha value is -1.85. The van der Waals surface area contributed by atoms with E-state index in [9.17, 15) is 4.79 Å². The molecule has 1 amide bonds. The molecule has 0 heterocycles. The fourth-order valence-electron chi connectivity index (χ4n) is 1.88. The molecule has 0 aliphatic heterocycles. The SMILES string of the molecule is CCNCc1ccc(Oc2ccccc2C(N)=O)c(Br)c1. The summed E-state index contributed by atoms with van der Waals surface area (Å²) in [4.78, 5) is 11.4. The van der Waals surface area contributed by atoms with E-state index >= 15 is 0 Å². The van der Waals surface area contributed by atoms with Crippen molar-refractivity contribution in [3.05, 3.63) is 58.1 Å². The number of primary amides is 1. The van der Waals surface area contributed by atoms with Crippen molar-refractivity contribution < 1.29 is 9.53 Å². The Labute approximate surface area is 132 Å². The van der Waals surface area contributed by atoms with Gasteiger partial charge in [0.1, 0.15) is 11.5 Å². The fourth-order valence-corrected chi connectivity index (χ4v) is 2.39. The fraction of sp³-hybridized carbons (Fsp3) is 0.188. The van der Waals surface area contributed by atoms with E-state index in [0.717, 1.165) is 23.1 Å². The molecule has 0 aromatic heterocycles. The minimum Gasteiger partial charge on any atom is -0.455 e. The highest BCUT2D eigenvalue weighted by atomic mass is 79.9. The standard InChI is InChI=1S/C16H17BrN2O2/c1-2-19-10-11-7-8-15(13(17)9-11)21-14-6-4-3-5-12(14)16(18)20/h3-9,19H,2,10H2,1H3,(H2,18,20). The predicted molar refractivity (Wildman–Crippen MR) is 86.6 cm³/mol. The highest BCUT2D eigenvalue weighted by Crippen LogP contribution is 2.32. The summed E-state index contributed by atoms with van der Waals surface area (Å²) in [6, 6.07) is 12.8. The van der Waals surface area contributed by atoms with Crippen molar-refractivity contribution in [1.29, 1.82) is 0 Å². The molecular weight excluding hydrogens is 332 g/mol. The van der Waals surface area contributed by atoms with Gasteiger partial charge in [-0.25, -0.2) is 0 Å². The maximum Gasteiger partial charge on any atom is 0.252 e. The number of para-hydroxylation sites is 1. The van der Waals surface area contributed by atoms with E-state index in [2.05, 4.69) is 28.2 Å². The first-order chi connectivity index (χ1) is 10.1. The van der Waals surface area contributed by atoms with Gasteiger partial charge in [0.05, 0.1) is 10.0 Å². The van der Waals surface area contributed by atoms with Crippen LogP contribution < -0.4 is 15.8 Å². The molecule has 0 aliphatic rings. The number of amides is 1. The second-order valence-electron chi connectivity index (χ2n) is 4.51. The first kappa shape index (κ1) is 15.5. The number of rotatable bonds is 6. The monoisotopic (exact) mass is 348 g/mol. The van der Waals surface area contributed by atoms with Crippen LogP contribution in [0.1, 0.15) is 22.8 Å². The van der Waals surface area contributed by atoms with Gasteiger partial charge in [0, 0.05) is 6.54 Å². The highest BCUT2D eigenvalue weighted by Gasteiger charge is 2.11. The molecule has 2 aromatic rings. The number of hydrogen-bond acceptors (Lipinski definition) is 3. The van der Waals surface area contributed by atoms with Gasteiger partial charge in [-0.3, -0.25) is 4.79 Å². The second kappa shape index (κ2) is 7.24. The summed E-state index contributed by atoms with van der Waals surface area (Å²) < 4.78 is 6.62. The third-order valence-electron chi connectivity index (χ3n) is 2.95. The Kier molecular flexibility index (Phi) is 5.36. The van der Waals surface area contributed by atoms with Gasteiger partial charge in [0.2, 0.25) is 0 Å². The van der Waals surface area contributed by atoms with Crippen LogP contribution in [0, 0.1) is 0 Å². The van der Waals surface area contributed by atoms with Crippen LogP contribution in [-0.4, -0.2) is 12.5 Å². The zero-order valence-corrected chi connectivity index (χ0v) is 13.3. The molecule has 0 saturated heterocycles. The van der Waals surface area contributed by atoms with Crippen molar-refractivity contribution >= 4 is 21.8 Å². The first-order valence-corrected chi connectivity index (χ1v) is 7.47. The maximum absolute atomic E-state index is 11.4. The average molecular weight is 349 g/mol. The molecule has 5 heteroatoms. The zero-order valence-electron chi connectivity index (χ0n) is 11.7. The number of nitrogens with one attached hydrogen (secondary N) is 1. The van der Waals surface area contributed by atoms with Crippen LogP contribution in [0.3, 0.4) is 0 Å². The lowest BCUT2D eigenvalue weighted by molar-refractivity contribution is 0.0998. The van der Waals surface area contributed by atoms with Crippen molar-refractivity contribution in [2.45, 2.75) is 13.5 Å². The van der Waals surface area contributed by atoms with Crippen molar-refractivity contribution in [3.8, 4) is 11.5 Å². The van der Waals surface area contributed by atoms with Gasteiger partial charge in [0.25, 0.3) is 5.91 Å². The molecule has 0 radical (unpaired) electrons. The van der Waals surface area contributed by atoms with Crippen LogP contribution in [-0.2, 0) is 6.54 Å². The summed E-state index contributed by atoms with van der Waals surface area (Å²) in [6.07, 6.45) is 0. The summed E-state index contributed by atoms with van der Waals surface area (Å²) >= 11 is 3.49. The lowest BCUT2D eigenvalue weighted by Crippen LogP contribution is -2.12. The minimum absolute atomic E-state index is 0.362. The molecule has 2 aromatic carbocycles. The molecule has 0 saturated carbocycles. The Morgan fingerprint density at radius 3 is 2.67 bits per heavy atom. The molecule has 3 N–H and O–H groups in total. The Balaban J connectivity index is 2.22.